The summed E-state index contributed by atoms with van der Waals surface area (Å²) < 4.78 is 0. The number of nitrogens with zero attached hydrogens (tertiary/aromatic N) is 3. The van der Waals surface area contributed by atoms with E-state index in [-0.39, 0.29) is 0 Å². The highest BCUT2D eigenvalue weighted by Gasteiger charge is 2.07. The molecule has 0 aliphatic heterocycles. The average molecular weight is 287 g/mol. The van der Waals surface area contributed by atoms with Crippen LogP contribution in [0.3, 0.4) is 0 Å². The highest BCUT2D eigenvalue weighted by atomic mass is 15.2. The summed E-state index contributed by atoms with van der Waals surface area (Å²) in [6.07, 6.45) is 1.06. The molecule has 0 aliphatic carbocycles. The minimum atomic E-state index is 0.696. The first-order chi connectivity index (χ1) is 10.2. The molecule has 5 nitrogen and oxygen atoms in total. The molecular weight excluding hydrogens is 262 g/mol. The van der Waals surface area contributed by atoms with Crippen LogP contribution in [0.15, 0.2) is 24.3 Å². The van der Waals surface area contributed by atoms with Crippen LogP contribution in [0, 0.1) is 0 Å². The zero-order valence-corrected chi connectivity index (χ0v) is 13.2. The van der Waals surface area contributed by atoms with Crippen molar-refractivity contribution in [3.8, 4) is 0 Å². The molecular formula is C16H25N5. The Morgan fingerprint density at radius 1 is 1.05 bits per heavy atom. The lowest BCUT2D eigenvalue weighted by molar-refractivity contribution is 0.367. The monoisotopic (exact) mass is 287 g/mol. The van der Waals surface area contributed by atoms with Crippen LogP contribution in [0.2, 0.25) is 0 Å². The van der Waals surface area contributed by atoms with E-state index in [1.807, 2.05) is 18.2 Å². The molecule has 0 unspecified atom stereocenters. The van der Waals surface area contributed by atoms with Crippen LogP contribution in [0.5, 0.6) is 0 Å². The number of nitrogens with one attached hydrogen (secondary N) is 2. The molecule has 0 aliphatic rings. The summed E-state index contributed by atoms with van der Waals surface area (Å²) in [5.41, 5.74) is 0.970. The van der Waals surface area contributed by atoms with Gasteiger partial charge in [-0.05, 0) is 32.1 Å². The molecule has 0 saturated carbocycles. The molecule has 0 fully saturated rings. The first-order valence-electron chi connectivity index (χ1n) is 7.67. The summed E-state index contributed by atoms with van der Waals surface area (Å²) in [5.74, 6) is 1.60. The lowest BCUT2D eigenvalue weighted by Gasteiger charge is -2.15. The first-order valence-corrected chi connectivity index (χ1v) is 7.67. The molecule has 1 aromatic carbocycles. The molecule has 5 heteroatoms. The Morgan fingerprint density at radius 2 is 1.86 bits per heavy atom. The minimum absolute atomic E-state index is 0.696. The number of fused-ring (bicyclic) bond motifs is 1. The zero-order valence-electron chi connectivity index (χ0n) is 13.2. The largest absolute Gasteiger partial charge is 0.368 e. The third-order valence-electron chi connectivity index (χ3n) is 3.46. The molecule has 0 radical (unpaired) electrons. The molecule has 1 heterocycles. The van der Waals surface area contributed by atoms with Crippen molar-refractivity contribution in [1.29, 1.82) is 0 Å². The van der Waals surface area contributed by atoms with Gasteiger partial charge in [-0.3, -0.25) is 0 Å². The van der Waals surface area contributed by atoms with Crippen LogP contribution in [-0.4, -0.2) is 48.1 Å². The summed E-state index contributed by atoms with van der Waals surface area (Å²) in [7, 11) is 2.12. The fourth-order valence-corrected chi connectivity index (χ4v) is 2.05. The van der Waals surface area contributed by atoms with Crippen LogP contribution in [-0.2, 0) is 0 Å². The number of benzene rings is 1. The van der Waals surface area contributed by atoms with Crippen molar-refractivity contribution in [3.05, 3.63) is 24.3 Å². The van der Waals surface area contributed by atoms with Gasteiger partial charge in [-0.1, -0.05) is 26.0 Å². The number of anilines is 2. The van der Waals surface area contributed by atoms with Gasteiger partial charge >= 0.3 is 0 Å². The highest BCUT2D eigenvalue weighted by molar-refractivity contribution is 5.89. The Hall–Kier alpha value is -1.88. The summed E-state index contributed by atoms with van der Waals surface area (Å²) in [6, 6.07) is 8.12. The van der Waals surface area contributed by atoms with E-state index in [9.17, 15) is 0 Å². The summed E-state index contributed by atoms with van der Waals surface area (Å²) in [6.45, 7) is 8.09. The van der Waals surface area contributed by atoms with Crippen LogP contribution in [0.4, 0.5) is 11.8 Å². The second kappa shape index (κ2) is 7.78. The SMILES string of the molecule is CCCNc1nc(NCCN(C)CC)c2ccccc2n1. The number of likely N-dealkylation sites (N-methyl/N-ethyl adjacent to an activating group) is 1. The van der Waals surface area contributed by atoms with Gasteiger partial charge in [0.2, 0.25) is 5.95 Å². The predicted octanol–water partition coefficient (Wildman–Crippen LogP) is 2.82. The van der Waals surface area contributed by atoms with Crippen molar-refractivity contribution in [2.24, 2.45) is 0 Å². The van der Waals surface area contributed by atoms with Crippen LogP contribution in [0.25, 0.3) is 10.9 Å². The topological polar surface area (TPSA) is 53.1 Å². The fraction of sp³-hybridized carbons (Fsp3) is 0.500. The number of hydrogen-bond donors (Lipinski definition) is 2. The van der Waals surface area contributed by atoms with Crippen LogP contribution >= 0.6 is 0 Å². The molecule has 0 saturated heterocycles. The molecule has 1 aromatic heterocycles. The lowest BCUT2D eigenvalue weighted by atomic mass is 10.2. The molecule has 2 aromatic rings. The maximum Gasteiger partial charge on any atom is 0.225 e. The van der Waals surface area contributed by atoms with Gasteiger partial charge < -0.3 is 15.5 Å². The van der Waals surface area contributed by atoms with E-state index < -0.39 is 0 Å². The third kappa shape index (κ3) is 4.29. The smallest absolute Gasteiger partial charge is 0.225 e. The maximum absolute atomic E-state index is 4.61. The van der Waals surface area contributed by atoms with E-state index in [4.69, 9.17) is 0 Å². The van der Waals surface area contributed by atoms with Gasteiger partial charge in [-0.25, -0.2) is 4.98 Å². The Bertz CT molecular complexity index is 570. The van der Waals surface area contributed by atoms with Crippen molar-refractivity contribution in [3.63, 3.8) is 0 Å². The fourth-order valence-electron chi connectivity index (χ4n) is 2.05. The van der Waals surface area contributed by atoms with Gasteiger partial charge in [0.05, 0.1) is 5.52 Å². The molecule has 0 spiro atoms. The van der Waals surface area contributed by atoms with Crippen molar-refractivity contribution >= 4 is 22.7 Å². The Kier molecular flexibility index (Phi) is 5.75. The van der Waals surface area contributed by atoms with E-state index in [0.717, 1.165) is 49.3 Å². The minimum Gasteiger partial charge on any atom is -0.368 e. The van der Waals surface area contributed by atoms with Gasteiger partial charge in [0.25, 0.3) is 0 Å². The molecule has 0 atom stereocenters. The van der Waals surface area contributed by atoms with Gasteiger partial charge in [0.15, 0.2) is 0 Å². The van der Waals surface area contributed by atoms with E-state index in [1.165, 1.54) is 0 Å². The molecule has 114 valence electrons. The zero-order chi connectivity index (χ0) is 15.1. The summed E-state index contributed by atoms with van der Waals surface area (Å²) >= 11 is 0. The van der Waals surface area contributed by atoms with Gasteiger partial charge in [0.1, 0.15) is 5.82 Å². The van der Waals surface area contributed by atoms with Gasteiger partial charge in [0, 0.05) is 25.0 Å². The second-order valence-electron chi connectivity index (χ2n) is 5.16. The maximum atomic E-state index is 4.61. The number of para-hydroxylation sites is 1. The molecule has 0 amide bonds. The van der Waals surface area contributed by atoms with Crippen LogP contribution < -0.4 is 10.6 Å². The van der Waals surface area contributed by atoms with E-state index in [2.05, 4.69) is 52.5 Å². The molecule has 21 heavy (non-hydrogen) atoms. The molecule has 2 N–H and O–H groups in total. The second-order valence-corrected chi connectivity index (χ2v) is 5.16. The summed E-state index contributed by atoms with van der Waals surface area (Å²) in [5, 5.41) is 7.77. The summed E-state index contributed by atoms with van der Waals surface area (Å²) in [4.78, 5) is 11.4. The van der Waals surface area contributed by atoms with Gasteiger partial charge in [-0.2, -0.15) is 4.98 Å². The van der Waals surface area contributed by atoms with Crippen LogP contribution in [0.1, 0.15) is 20.3 Å². The van der Waals surface area contributed by atoms with Crippen molar-refractivity contribution in [1.82, 2.24) is 14.9 Å². The highest BCUT2D eigenvalue weighted by Crippen LogP contribution is 2.21. The number of rotatable bonds is 8. The lowest BCUT2D eigenvalue weighted by Crippen LogP contribution is -2.25. The number of hydrogen-bond acceptors (Lipinski definition) is 5. The average Bonchev–Trinajstić information content (AvgIpc) is 2.52. The third-order valence-corrected chi connectivity index (χ3v) is 3.46. The van der Waals surface area contributed by atoms with Gasteiger partial charge in [-0.15, -0.1) is 0 Å². The molecule has 0 bridgehead atoms. The van der Waals surface area contributed by atoms with E-state index >= 15 is 0 Å². The first kappa shape index (κ1) is 15.5. The van der Waals surface area contributed by atoms with E-state index in [1.54, 1.807) is 0 Å². The van der Waals surface area contributed by atoms with Crippen molar-refractivity contribution < 1.29 is 0 Å². The molecule has 2 rings (SSSR count). The van der Waals surface area contributed by atoms with Crippen molar-refractivity contribution in [2.75, 3.05) is 43.9 Å². The normalized spacial score (nSPS) is 11.0. The standard InChI is InChI=1S/C16H25N5/c1-4-10-18-16-19-14-9-7-6-8-13(14)15(20-16)17-11-12-21(3)5-2/h6-9H,4-5,10-12H2,1-3H3,(H2,17,18,19,20). The Balaban J connectivity index is 2.18. The van der Waals surface area contributed by atoms with E-state index in [0.29, 0.717) is 5.95 Å². The predicted molar refractivity (Wildman–Crippen MR) is 90.0 cm³/mol. The Morgan fingerprint density at radius 3 is 2.62 bits per heavy atom. The quantitative estimate of drug-likeness (QED) is 0.782. The van der Waals surface area contributed by atoms with Crippen molar-refractivity contribution in [2.45, 2.75) is 20.3 Å². The Labute approximate surface area is 126 Å². The number of aromatic nitrogens is 2.